The standard InChI is InChI=1S/C22H24ClN3O3S/c1-28-16-7-8-20-19(15-16)24-22(30-20)26(10-4-9-25-11-13-29-14-12-25)21(27)17-5-2-3-6-18(17)23/h2-3,5-8,15H,4,9-14H2,1H3. The number of aromatic nitrogens is 1. The normalized spacial score (nSPS) is 14.7. The van der Waals surface area contributed by atoms with E-state index in [1.807, 2.05) is 30.3 Å². The van der Waals surface area contributed by atoms with Gasteiger partial charge in [-0.1, -0.05) is 35.1 Å². The Hall–Kier alpha value is -2.19. The number of methoxy groups -OCH3 is 1. The van der Waals surface area contributed by atoms with Gasteiger partial charge in [0.15, 0.2) is 5.13 Å². The van der Waals surface area contributed by atoms with E-state index in [0.717, 1.165) is 55.2 Å². The van der Waals surface area contributed by atoms with Gasteiger partial charge < -0.3 is 9.47 Å². The molecule has 1 amide bonds. The van der Waals surface area contributed by atoms with Crippen LogP contribution in [-0.4, -0.2) is 62.3 Å². The van der Waals surface area contributed by atoms with Crippen LogP contribution in [0.5, 0.6) is 5.75 Å². The second-order valence-corrected chi connectivity index (χ2v) is 8.49. The highest BCUT2D eigenvalue weighted by molar-refractivity contribution is 7.22. The summed E-state index contributed by atoms with van der Waals surface area (Å²) in [7, 11) is 1.63. The number of morpholine rings is 1. The first-order valence-corrected chi connectivity index (χ1v) is 11.2. The number of fused-ring (bicyclic) bond motifs is 1. The third-order valence-electron chi connectivity index (χ3n) is 5.12. The quantitative estimate of drug-likeness (QED) is 0.542. The molecule has 8 heteroatoms. The van der Waals surface area contributed by atoms with Gasteiger partial charge in [0, 0.05) is 32.2 Å². The molecule has 1 aliphatic heterocycles. The molecule has 0 N–H and O–H groups in total. The first kappa shape index (κ1) is 21.1. The first-order valence-electron chi connectivity index (χ1n) is 9.97. The number of nitrogens with zero attached hydrogens (tertiary/aromatic N) is 3. The van der Waals surface area contributed by atoms with Crippen molar-refractivity contribution in [1.82, 2.24) is 9.88 Å². The second-order valence-electron chi connectivity index (χ2n) is 7.07. The van der Waals surface area contributed by atoms with Gasteiger partial charge in [-0.15, -0.1) is 0 Å². The number of ether oxygens (including phenoxy) is 2. The Kier molecular flexibility index (Phi) is 6.84. The molecule has 1 saturated heterocycles. The maximum absolute atomic E-state index is 13.4. The lowest BCUT2D eigenvalue weighted by molar-refractivity contribution is 0.0376. The average Bonchev–Trinajstić information content (AvgIpc) is 3.20. The van der Waals surface area contributed by atoms with Crippen LogP contribution in [0.1, 0.15) is 16.8 Å². The van der Waals surface area contributed by atoms with E-state index in [2.05, 4.69) is 4.90 Å². The minimum absolute atomic E-state index is 0.131. The fraction of sp³-hybridized carbons (Fsp3) is 0.364. The summed E-state index contributed by atoms with van der Waals surface area (Å²) < 4.78 is 11.7. The molecular formula is C22H24ClN3O3S. The zero-order valence-electron chi connectivity index (χ0n) is 16.8. The van der Waals surface area contributed by atoms with Crippen molar-refractivity contribution in [2.75, 3.05) is 51.4 Å². The van der Waals surface area contributed by atoms with Crippen LogP contribution >= 0.6 is 22.9 Å². The SMILES string of the molecule is COc1ccc2sc(N(CCCN3CCOCC3)C(=O)c3ccccc3Cl)nc2c1. The second kappa shape index (κ2) is 9.75. The van der Waals surface area contributed by atoms with E-state index < -0.39 is 0 Å². The minimum atomic E-state index is -0.131. The molecule has 0 bridgehead atoms. The van der Waals surface area contributed by atoms with Gasteiger partial charge >= 0.3 is 0 Å². The van der Waals surface area contributed by atoms with Gasteiger partial charge in [0.25, 0.3) is 5.91 Å². The number of carbonyl (C=O) groups is 1. The summed E-state index contributed by atoms with van der Waals surface area (Å²) in [6, 6.07) is 12.9. The maximum atomic E-state index is 13.4. The van der Waals surface area contributed by atoms with Gasteiger partial charge in [-0.3, -0.25) is 14.6 Å². The van der Waals surface area contributed by atoms with Gasteiger partial charge in [-0.2, -0.15) is 0 Å². The third kappa shape index (κ3) is 4.75. The number of amides is 1. The van der Waals surface area contributed by atoms with Crippen LogP contribution < -0.4 is 9.64 Å². The van der Waals surface area contributed by atoms with E-state index in [0.29, 0.717) is 22.3 Å². The summed E-state index contributed by atoms with van der Waals surface area (Å²) >= 11 is 7.82. The van der Waals surface area contributed by atoms with Crippen LogP contribution in [-0.2, 0) is 4.74 Å². The van der Waals surface area contributed by atoms with Crippen LogP contribution in [0.25, 0.3) is 10.2 Å². The van der Waals surface area contributed by atoms with Crippen molar-refractivity contribution in [3.8, 4) is 5.75 Å². The number of halogens is 1. The van der Waals surface area contributed by atoms with E-state index in [4.69, 9.17) is 26.1 Å². The molecule has 30 heavy (non-hydrogen) atoms. The number of anilines is 1. The number of rotatable bonds is 7. The molecule has 0 radical (unpaired) electrons. The zero-order valence-corrected chi connectivity index (χ0v) is 18.4. The molecule has 2 aromatic carbocycles. The molecule has 2 heterocycles. The molecule has 4 rings (SSSR count). The van der Waals surface area contributed by atoms with E-state index in [1.165, 1.54) is 11.3 Å². The Morgan fingerprint density at radius 2 is 2.07 bits per heavy atom. The topological polar surface area (TPSA) is 54.9 Å². The van der Waals surface area contributed by atoms with Crippen LogP contribution in [0, 0.1) is 0 Å². The maximum Gasteiger partial charge on any atom is 0.261 e. The van der Waals surface area contributed by atoms with Crippen LogP contribution in [0.15, 0.2) is 42.5 Å². The van der Waals surface area contributed by atoms with Gasteiger partial charge in [-0.25, -0.2) is 4.98 Å². The van der Waals surface area contributed by atoms with Crippen LogP contribution in [0.3, 0.4) is 0 Å². The molecule has 3 aromatic rings. The fourth-order valence-electron chi connectivity index (χ4n) is 3.48. The van der Waals surface area contributed by atoms with Crippen LogP contribution in [0.4, 0.5) is 5.13 Å². The molecule has 1 aliphatic rings. The molecule has 0 spiro atoms. The van der Waals surface area contributed by atoms with Gasteiger partial charge in [0.05, 0.1) is 41.1 Å². The highest BCUT2D eigenvalue weighted by atomic mass is 35.5. The largest absolute Gasteiger partial charge is 0.497 e. The van der Waals surface area contributed by atoms with Crippen molar-refractivity contribution in [3.05, 3.63) is 53.1 Å². The van der Waals surface area contributed by atoms with Crippen molar-refractivity contribution in [2.24, 2.45) is 0 Å². The summed E-state index contributed by atoms with van der Waals surface area (Å²) in [4.78, 5) is 22.2. The summed E-state index contributed by atoms with van der Waals surface area (Å²) in [6.45, 7) is 4.87. The molecule has 1 fully saturated rings. The summed E-state index contributed by atoms with van der Waals surface area (Å²) in [5.74, 6) is 0.615. The predicted octanol–water partition coefficient (Wildman–Crippen LogP) is 4.33. The number of carbonyl (C=O) groups excluding carboxylic acids is 1. The Balaban J connectivity index is 1.59. The Bertz CT molecular complexity index is 1020. The fourth-order valence-corrected chi connectivity index (χ4v) is 4.67. The van der Waals surface area contributed by atoms with Gasteiger partial charge in [0.2, 0.25) is 0 Å². The van der Waals surface area contributed by atoms with E-state index in [1.54, 1.807) is 24.1 Å². The van der Waals surface area contributed by atoms with Crippen molar-refractivity contribution < 1.29 is 14.3 Å². The van der Waals surface area contributed by atoms with Crippen molar-refractivity contribution in [3.63, 3.8) is 0 Å². The summed E-state index contributed by atoms with van der Waals surface area (Å²) in [5.41, 5.74) is 1.31. The number of thiazole rings is 1. The minimum Gasteiger partial charge on any atom is -0.497 e. The molecule has 0 saturated carbocycles. The number of benzene rings is 2. The molecule has 1 aromatic heterocycles. The number of hydrogen-bond acceptors (Lipinski definition) is 6. The van der Waals surface area contributed by atoms with Gasteiger partial charge in [-0.05, 0) is 30.7 Å². The Morgan fingerprint density at radius 3 is 2.83 bits per heavy atom. The molecular weight excluding hydrogens is 422 g/mol. The highest BCUT2D eigenvalue weighted by Gasteiger charge is 2.23. The highest BCUT2D eigenvalue weighted by Crippen LogP contribution is 2.32. The molecule has 6 nitrogen and oxygen atoms in total. The lowest BCUT2D eigenvalue weighted by Crippen LogP contribution is -2.39. The molecule has 0 unspecified atom stereocenters. The van der Waals surface area contributed by atoms with E-state index in [-0.39, 0.29) is 5.91 Å². The van der Waals surface area contributed by atoms with E-state index in [9.17, 15) is 4.79 Å². The van der Waals surface area contributed by atoms with E-state index >= 15 is 0 Å². The number of hydrogen-bond donors (Lipinski definition) is 0. The lowest BCUT2D eigenvalue weighted by Gasteiger charge is -2.27. The Labute approximate surface area is 185 Å². The molecule has 158 valence electrons. The smallest absolute Gasteiger partial charge is 0.261 e. The average molecular weight is 446 g/mol. The van der Waals surface area contributed by atoms with Crippen molar-refractivity contribution >= 4 is 44.2 Å². The zero-order chi connectivity index (χ0) is 20.9. The van der Waals surface area contributed by atoms with Crippen molar-refractivity contribution in [1.29, 1.82) is 0 Å². The molecule has 0 aliphatic carbocycles. The Morgan fingerprint density at radius 1 is 1.27 bits per heavy atom. The van der Waals surface area contributed by atoms with Crippen LogP contribution in [0.2, 0.25) is 5.02 Å². The lowest BCUT2D eigenvalue weighted by atomic mass is 10.2. The van der Waals surface area contributed by atoms with Crippen molar-refractivity contribution in [2.45, 2.75) is 6.42 Å². The van der Waals surface area contributed by atoms with Gasteiger partial charge in [0.1, 0.15) is 5.75 Å². The third-order valence-corrected chi connectivity index (χ3v) is 6.51. The monoisotopic (exact) mass is 445 g/mol. The first-order chi connectivity index (χ1) is 14.7. The summed E-state index contributed by atoms with van der Waals surface area (Å²) in [5, 5.41) is 1.12. The molecule has 0 atom stereocenters. The summed E-state index contributed by atoms with van der Waals surface area (Å²) in [6.07, 6.45) is 0.843. The predicted molar refractivity (Wildman–Crippen MR) is 121 cm³/mol.